The van der Waals surface area contributed by atoms with E-state index in [1.54, 1.807) is 12.1 Å². The second-order valence-electron chi connectivity index (χ2n) is 4.56. The zero-order valence-corrected chi connectivity index (χ0v) is 14.3. The molecular weight excluding hydrogens is 388 g/mol. The molecule has 1 atom stereocenters. The van der Waals surface area contributed by atoms with E-state index in [1.807, 2.05) is 0 Å². The molecule has 2 aromatic rings. The maximum atomic E-state index is 12.0. The van der Waals surface area contributed by atoms with Gasteiger partial charge in [-0.15, -0.1) is 0 Å². The van der Waals surface area contributed by atoms with E-state index in [9.17, 15) is 14.7 Å². The number of halogens is 2. The summed E-state index contributed by atoms with van der Waals surface area (Å²) in [5.41, 5.74) is -0.0383. The van der Waals surface area contributed by atoms with Gasteiger partial charge in [0.05, 0.1) is 5.02 Å². The lowest BCUT2D eigenvalue weighted by molar-refractivity contribution is -0.123. The van der Waals surface area contributed by atoms with Gasteiger partial charge in [-0.1, -0.05) is 27.5 Å². The van der Waals surface area contributed by atoms with Crippen molar-refractivity contribution in [3.05, 3.63) is 51.6 Å². The molecule has 1 aromatic heterocycles. The Bertz CT molecular complexity index is 737. The third-order valence-corrected chi connectivity index (χ3v) is 3.53. The highest BCUT2D eigenvalue weighted by Crippen LogP contribution is 2.23. The molecule has 120 valence electrons. The smallest absolute Gasteiger partial charge is 0.342 e. The van der Waals surface area contributed by atoms with Crippen LogP contribution in [-0.4, -0.2) is 28.1 Å². The number of carbonyl (C=O) groups is 2. The van der Waals surface area contributed by atoms with Gasteiger partial charge in [0, 0.05) is 10.7 Å². The summed E-state index contributed by atoms with van der Waals surface area (Å²) in [5, 5.41) is 12.6. The molecule has 0 aliphatic heterocycles. The Morgan fingerprint density at radius 2 is 2.09 bits per heavy atom. The summed E-state index contributed by atoms with van der Waals surface area (Å²) < 4.78 is 5.65. The molecule has 0 spiro atoms. The van der Waals surface area contributed by atoms with Crippen LogP contribution in [0.15, 0.2) is 41.0 Å². The number of phenolic OH excluding ortho intramolecular Hbond substituents is 1. The van der Waals surface area contributed by atoms with E-state index in [-0.39, 0.29) is 17.1 Å². The number of nitrogens with one attached hydrogen (secondary N) is 1. The topological polar surface area (TPSA) is 88.5 Å². The monoisotopic (exact) mass is 398 g/mol. The fraction of sp³-hybridized carbons (Fsp3) is 0.133. The maximum Gasteiger partial charge on any atom is 0.342 e. The number of hydrogen-bond acceptors (Lipinski definition) is 5. The van der Waals surface area contributed by atoms with Crippen molar-refractivity contribution in [2.45, 2.75) is 13.0 Å². The SMILES string of the molecule is C[C@@H](OC(=O)c1cc(Br)ccc1O)C(=O)Nc1ccc(Cl)cn1. The van der Waals surface area contributed by atoms with Crippen LogP contribution < -0.4 is 5.32 Å². The van der Waals surface area contributed by atoms with E-state index in [0.29, 0.717) is 9.50 Å². The Balaban J connectivity index is 2.01. The van der Waals surface area contributed by atoms with Crippen LogP contribution in [0.25, 0.3) is 0 Å². The van der Waals surface area contributed by atoms with Gasteiger partial charge in [0.25, 0.3) is 5.91 Å². The van der Waals surface area contributed by atoms with Crippen LogP contribution in [0.2, 0.25) is 5.02 Å². The lowest BCUT2D eigenvalue weighted by Crippen LogP contribution is -2.30. The Morgan fingerprint density at radius 1 is 1.35 bits per heavy atom. The molecule has 1 amide bonds. The van der Waals surface area contributed by atoms with Gasteiger partial charge in [0.2, 0.25) is 0 Å². The lowest BCUT2D eigenvalue weighted by Gasteiger charge is -2.13. The van der Waals surface area contributed by atoms with Crippen molar-refractivity contribution in [2.24, 2.45) is 0 Å². The average Bonchev–Trinajstić information content (AvgIpc) is 2.51. The van der Waals surface area contributed by atoms with Gasteiger partial charge in [-0.2, -0.15) is 0 Å². The van der Waals surface area contributed by atoms with Crippen LogP contribution in [0.5, 0.6) is 5.75 Å². The van der Waals surface area contributed by atoms with Crippen molar-refractivity contribution < 1.29 is 19.4 Å². The number of nitrogens with zero attached hydrogens (tertiary/aromatic N) is 1. The number of amides is 1. The fourth-order valence-corrected chi connectivity index (χ4v) is 2.10. The van der Waals surface area contributed by atoms with E-state index in [4.69, 9.17) is 16.3 Å². The van der Waals surface area contributed by atoms with E-state index in [1.165, 1.54) is 31.3 Å². The van der Waals surface area contributed by atoms with Crippen LogP contribution in [-0.2, 0) is 9.53 Å². The number of aromatic nitrogens is 1. The molecule has 2 rings (SSSR count). The molecule has 0 bridgehead atoms. The van der Waals surface area contributed by atoms with Crippen LogP contribution in [0.4, 0.5) is 5.82 Å². The number of rotatable bonds is 4. The summed E-state index contributed by atoms with van der Waals surface area (Å²) in [4.78, 5) is 27.9. The second kappa shape index (κ2) is 7.43. The summed E-state index contributed by atoms with van der Waals surface area (Å²) in [5.74, 6) is -1.31. The molecule has 1 aromatic carbocycles. The summed E-state index contributed by atoms with van der Waals surface area (Å²) >= 11 is 8.90. The Labute approximate surface area is 145 Å². The number of carbonyl (C=O) groups excluding carboxylic acids is 2. The highest BCUT2D eigenvalue weighted by molar-refractivity contribution is 9.10. The van der Waals surface area contributed by atoms with E-state index in [0.717, 1.165) is 0 Å². The molecule has 0 radical (unpaired) electrons. The van der Waals surface area contributed by atoms with Gasteiger partial charge in [-0.05, 0) is 37.3 Å². The van der Waals surface area contributed by atoms with Gasteiger partial charge >= 0.3 is 5.97 Å². The zero-order valence-electron chi connectivity index (χ0n) is 11.9. The molecule has 6 nitrogen and oxygen atoms in total. The molecular formula is C15H12BrClN2O4. The van der Waals surface area contributed by atoms with Crippen molar-refractivity contribution in [3.8, 4) is 5.75 Å². The Hall–Kier alpha value is -2.12. The molecule has 0 saturated heterocycles. The number of hydrogen-bond donors (Lipinski definition) is 2. The summed E-state index contributed by atoms with van der Waals surface area (Å²) in [6, 6.07) is 7.43. The molecule has 0 aliphatic carbocycles. The van der Waals surface area contributed by atoms with Crippen LogP contribution in [0.1, 0.15) is 17.3 Å². The molecule has 8 heteroatoms. The van der Waals surface area contributed by atoms with Gasteiger partial charge in [-0.3, -0.25) is 4.79 Å². The van der Waals surface area contributed by atoms with Crippen molar-refractivity contribution in [3.63, 3.8) is 0 Å². The summed E-state index contributed by atoms with van der Waals surface area (Å²) in [7, 11) is 0. The molecule has 23 heavy (non-hydrogen) atoms. The number of ether oxygens (including phenoxy) is 1. The van der Waals surface area contributed by atoms with Gasteiger partial charge in [0.1, 0.15) is 17.1 Å². The summed E-state index contributed by atoms with van der Waals surface area (Å²) in [6.45, 7) is 1.41. The minimum absolute atomic E-state index is 0.0383. The minimum Gasteiger partial charge on any atom is -0.507 e. The first-order valence-corrected chi connectivity index (χ1v) is 7.66. The van der Waals surface area contributed by atoms with Crippen LogP contribution >= 0.6 is 27.5 Å². The van der Waals surface area contributed by atoms with Gasteiger partial charge < -0.3 is 15.2 Å². The first-order chi connectivity index (χ1) is 10.9. The van der Waals surface area contributed by atoms with Gasteiger partial charge in [-0.25, -0.2) is 9.78 Å². The predicted octanol–water partition coefficient (Wildman–Crippen LogP) is 3.39. The lowest BCUT2D eigenvalue weighted by atomic mass is 10.2. The van der Waals surface area contributed by atoms with E-state index < -0.39 is 18.0 Å². The first-order valence-electron chi connectivity index (χ1n) is 6.48. The molecule has 2 N–H and O–H groups in total. The number of anilines is 1. The third-order valence-electron chi connectivity index (χ3n) is 2.81. The number of aromatic hydroxyl groups is 1. The molecule has 0 fully saturated rings. The number of pyridine rings is 1. The highest BCUT2D eigenvalue weighted by Gasteiger charge is 2.21. The number of phenols is 1. The molecule has 0 saturated carbocycles. The second-order valence-corrected chi connectivity index (χ2v) is 5.91. The largest absolute Gasteiger partial charge is 0.507 e. The van der Waals surface area contributed by atoms with Crippen LogP contribution in [0.3, 0.4) is 0 Å². The predicted molar refractivity (Wildman–Crippen MR) is 88.6 cm³/mol. The summed E-state index contributed by atoms with van der Waals surface area (Å²) in [6.07, 6.45) is 0.311. The highest BCUT2D eigenvalue weighted by atomic mass is 79.9. The minimum atomic E-state index is -1.07. The molecule has 0 unspecified atom stereocenters. The van der Waals surface area contributed by atoms with E-state index in [2.05, 4.69) is 26.2 Å². The maximum absolute atomic E-state index is 12.0. The Kier molecular flexibility index (Phi) is 5.57. The standard InChI is InChI=1S/C15H12BrClN2O4/c1-8(14(21)19-13-5-3-10(17)7-18-13)23-15(22)11-6-9(16)2-4-12(11)20/h2-8,20H,1H3,(H,18,19,21)/t8-/m1/s1. The number of benzene rings is 1. The zero-order chi connectivity index (χ0) is 17.0. The third kappa shape index (κ3) is 4.67. The first kappa shape index (κ1) is 17.2. The van der Waals surface area contributed by atoms with E-state index >= 15 is 0 Å². The number of esters is 1. The quantitative estimate of drug-likeness (QED) is 0.769. The molecule has 0 aliphatic rings. The fourth-order valence-electron chi connectivity index (χ4n) is 1.63. The van der Waals surface area contributed by atoms with Gasteiger partial charge in [0.15, 0.2) is 6.10 Å². The molecule has 1 heterocycles. The normalized spacial score (nSPS) is 11.6. The van der Waals surface area contributed by atoms with Crippen LogP contribution in [0, 0.1) is 0 Å². The average molecular weight is 400 g/mol. The van der Waals surface area contributed by atoms with Crippen molar-refractivity contribution in [2.75, 3.05) is 5.32 Å². The van der Waals surface area contributed by atoms with Crippen molar-refractivity contribution >= 4 is 45.2 Å². The van der Waals surface area contributed by atoms with Crippen molar-refractivity contribution in [1.29, 1.82) is 0 Å². The Morgan fingerprint density at radius 3 is 2.74 bits per heavy atom. The van der Waals surface area contributed by atoms with Crippen molar-refractivity contribution in [1.82, 2.24) is 4.98 Å².